The maximum Gasteiger partial charge on any atom is 0.0313 e. The van der Waals surface area contributed by atoms with Crippen molar-refractivity contribution in [3.63, 3.8) is 0 Å². The Bertz CT molecular complexity index is 287. The van der Waals surface area contributed by atoms with Gasteiger partial charge in [0.2, 0.25) is 0 Å². The van der Waals surface area contributed by atoms with Crippen LogP contribution < -0.4 is 5.32 Å². The summed E-state index contributed by atoms with van der Waals surface area (Å²) in [7, 11) is 0. The smallest absolute Gasteiger partial charge is 0.0313 e. The largest absolute Gasteiger partial charge is 0.313 e. The minimum Gasteiger partial charge on any atom is -0.313 e. The molecule has 0 aliphatic rings. The number of nitrogens with one attached hydrogen (secondary N) is 1. The lowest BCUT2D eigenvalue weighted by Gasteiger charge is -2.06. The predicted octanol–water partition coefficient (Wildman–Crippen LogP) is 2.89. The fourth-order valence-corrected chi connectivity index (χ4v) is 1.61. The zero-order valence-corrected chi connectivity index (χ0v) is 10.2. The van der Waals surface area contributed by atoms with Crippen LogP contribution in [-0.2, 0) is 6.54 Å². The molecule has 0 saturated carbocycles. The van der Waals surface area contributed by atoms with Gasteiger partial charge in [-0.3, -0.25) is 4.98 Å². The number of nitrogens with zero attached hydrogens (tertiary/aromatic N) is 1. The van der Waals surface area contributed by atoms with Crippen molar-refractivity contribution in [2.24, 2.45) is 0 Å². The Hall–Kier alpha value is -0.600. The molecule has 1 atom stereocenters. The fourth-order valence-electron chi connectivity index (χ4n) is 1.46. The molecular formula is C12H19ClN2. The molecule has 0 radical (unpaired) electrons. The molecule has 1 aromatic heterocycles. The van der Waals surface area contributed by atoms with Crippen molar-refractivity contribution in [2.45, 2.75) is 38.6 Å². The summed E-state index contributed by atoms with van der Waals surface area (Å²) in [6.07, 6.45) is 5.98. The number of hydrogen-bond acceptors (Lipinski definition) is 2. The van der Waals surface area contributed by atoms with Crippen LogP contribution in [0.2, 0.25) is 0 Å². The summed E-state index contributed by atoms with van der Waals surface area (Å²) in [6.45, 7) is 6.01. The van der Waals surface area contributed by atoms with Gasteiger partial charge in [0.15, 0.2) is 0 Å². The van der Waals surface area contributed by atoms with E-state index in [-0.39, 0.29) is 5.38 Å². The van der Waals surface area contributed by atoms with Crippen molar-refractivity contribution in [1.82, 2.24) is 10.3 Å². The summed E-state index contributed by atoms with van der Waals surface area (Å²) in [5, 5.41) is 3.67. The standard InChI is InChI=1S/C12H19ClN2/c1-10-6-12(9-15-7-10)8-14-5-3-4-11(2)13/h6-7,9,11,14H,3-5,8H2,1-2H3. The quantitative estimate of drug-likeness (QED) is 0.596. The van der Waals surface area contributed by atoms with Gasteiger partial charge in [-0.1, -0.05) is 6.07 Å². The molecule has 0 spiro atoms. The van der Waals surface area contributed by atoms with Gasteiger partial charge in [0, 0.05) is 24.3 Å². The number of aromatic nitrogens is 1. The second kappa shape index (κ2) is 6.81. The van der Waals surface area contributed by atoms with Gasteiger partial charge in [0.25, 0.3) is 0 Å². The maximum atomic E-state index is 5.86. The molecule has 2 nitrogen and oxygen atoms in total. The summed E-state index contributed by atoms with van der Waals surface area (Å²) in [5.41, 5.74) is 2.46. The van der Waals surface area contributed by atoms with E-state index in [1.54, 1.807) is 0 Å². The third-order valence-corrected chi connectivity index (χ3v) is 2.43. The summed E-state index contributed by atoms with van der Waals surface area (Å²) in [6, 6.07) is 2.16. The molecule has 0 fully saturated rings. The van der Waals surface area contributed by atoms with Gasteiger partial charge in [-0.05, 0) is 44.4 Å². The van der Waals surface area contributed by atoms with Crippen molar-refractivity contribution in [1.29, 1.82) is 0 Å². The Labute approximate surface area is 97.1 Å². The highest BCUT2D eigenvalue weighted by molar-refractivity contribution is 6.20. The van der Waals surface area contributed by atoms with Crippen LogP contribution in [0, 0.1) is 6.92 Å². The van der Waals surface area contributed by atoms with E-state index in [0.29, 0.717) is 0 Å². The van der Waals surface area contributed by atoms with Crippen LogP contribution in [0.15, 0.2) is 18.5 Å². The molecule has 0 aliphatic carbocycles. The summed E-state index contributed by atoms with van der Waals surface area (Å²) in [5.74, 6) is 0. The first kappa shape index (κ1) is 12.5. The van der Waals surface area contributed by atoms with Gasteiger partial charge < -0.3 is 5.32 Å². The van der Waals surface area contributed by atoms with E-state index >= 15 is 0 Å². The molecule has 1 unspecified atom stereocenters. The molecule has 0 aliphatic heterocycles. The van der Waals surface area contributed by atoms with Gasteiger partial charge in [0.1, 0.15) is 0 Å². The van der Waals surface area contributed by atoms with Gasteiger partial charge in [-0.15, -0.1) is 11.6 Å². The highest BCUT2D eigenvalue weighted by atomic mass is 35.5. The lowest BCUT2D eigenvalue weighted by Crippen LogP contribution is -2.15. The summed E-state index contributed by atoms with van der Waals surface area (Å²) in [4.78, 5) is 4.15. The van der Waals surface area contributed by atoms with E-state index in [1.807, 2.05) is 19.3 Å². The molecule has 0 aromatic carbocycles. The lowest BCUT2D eigenvalue weighted by molar-refractivity contribution is 0.618. The van der Waals surface area contributed by atoms with Crippen LogP contribution >= 0.6 is 11.6 Å². The Morgan fingerprint density at radius 2 is 2.27 bits per heavy atom. The van der Waals surface area contributed by atoms with E-state index in [1.165, 1.54) is 11.1 Å². The van der Waals surface area contributed by atoms with Gasteiger partial charge in [-0.25, -0.2) is 0 Å². The number of aryl methyl sites for hydroxylation is 1. The molecule has 1 rings (SSSR count). The molecule has 15 heavy (non-hydrogen) atoms. The maximum absolute atomic E-state index is 5.86. The van der Waals surface area contributed by atoms with Crippen LogP contribution in [0.25, 0.3) is 0 Å². The first-order valence-electron chi connectivity index (χ1n) is 5.44. The van der Waals surface area contributed by atoms with Crippen molar-refractivity contribution >= 4 is 11.6 Å². The third-order valence-electron chi connectivity index (χ3n) is 2.22. The second-order valence-electron chi connectivity index (χ2n) is 3.97. The van der Waals surface area contributed by atoms with Gasteiger partial charge in [-0.2, -0.15) is 0 Å². The first-order chi connectivity index (χ1) is 7.18. The lowest BCUT2D eigenvalue weighted by atomic mass is 10.2. The Morgan fingerprint density at radius 3 is 2.93 bits per heavy atom. The van der Waals surface area contributed by atoms with Crippen molar-refractivity contribution in [3.8, 4) is 0 Å². The van der Waals surface area contributed by atoms with Crippen molar-refractivity contribution < 1.29 is 0 Å². The molecule has 1 heterocycles. The molecule has 3 heteroatoms. The predicted molar refractivity (Wildman–Crippen MR) is 65.2 cm³/mol. The number of halogens is 1. The number of rotatable bonds is 6. The average Bonchev–Trinajstić information content (AvgIpc) is 2.17. The summed E-state index contributed by atoms with van der Waals surface area (Å²) >= 11 is 5.86. The number of hydrogen-bond donors (Lipinski definition) is 1. The Kier molecular flexibility index (Phi) is 5.66. The normalized spacial score (nSPS) is 12.7. The van der Waals surface area contributed by atoms with Crippen molar-refractivity contribution in [3.05, 3.63) is 29.6 Å². The van der Waals surface area contributed by atoms with Gasteiger partial charge in [0.05, 0.1) is 0 Å². The zero-order valence-electron chi connectivity index (χ0n) is 9.46. The average molecular weight is 227 g/mol. The molecule has 0 amide bonds. The minimum absolute atomic E-state index is 0.285. The third kappa shape index (κ3) is 5.75. The Balaban J connectivity index is 2.15. The van der Waals surface area contributed by atoms with E-state index in [2.05, 4.69) is 23.3 Å². The van der Waals surface area contributed by atoms with E-state index in [0.717, 1.165) is 25.9 Å². The Morgan fingerprint density at radius 1 is 1.47 bits per heavy atom. The van der Waals surface area contributed by atoms with E-state index in [4.69, 9.17) is 11.6 Å². The molecular weight excluding hydrogens is 208 g/mol. The zero-order chi connectivity index (χ0) is 11.1. The number of alkyl halides is 1. The van der Waals surface area contributed by atoms with Crippen LogP contribution in [-0.4, -0.2) is 16.9 Å². The van der Waals surface area contributed by atoms with Crippen molar-refractivity contribution in [2.75, 3.05) is 6.54 Å². The number of pyridine rings is 1. The van der Waals surface area contributed by atoms with Crippen LogP contribution in [0.4, 0.5) is 0 Å². The molecule has 0 saturated heterocycles. The highest BCUT2D eigenvalue weighted by Crippen LogP contribution is 2.03. The SMILES string of the molecule is Cc1cncc(CNCCCC(C)Cl)c1. The minimum atomic E-state index is 0.285. The molecule has 1 aromatic rings. The second-order valence-corrected chi connectivity index (χ2v) is 4.72. The summed E-state index contributed by atoms with van der Waals surface area (Å²) < 4.78 is 0. The van der Waals surface area contributed by atoms with E-state index in [9.17, 15) is 0 Å². The topological polar surface area (TPSA) is 24.9 Å². The van der Waals surface area contributed by atoms with Crippen LogP contribution in [0.3, 0.4) is 0 Å². The van der Waals surface area contributed by atoms with E-state index < -0.39 is 0 Å². The fraction of sp³-hybridized carbons (Fsp3) is 0.583. The van der Waals surface area contributed by atoms with Crippen LogP contribution in [0.5, 0.6) is 0 Å². The highest BCUT2D eigenvalue weighted by Gasteiger charge is 1.96. The molecule has 0 bridgehead atoms. The van der Waals surface area contributed by atoms with Crippen LogP contribution in [0.1, 0.15) is 30.9 Å². The van der Waals surface area contributed by atoms with Gasteiger partial charge >= 0.3 is 0 Å². The first-order valence-corrected chi connectivity index (χ1v) is 5.87. The monoisotopic (exact) mass is 226 g/mol. The molecule has 84 valence electrons. The molecule has 1 N–H and O–H groups in total.